The monoisotopic (exact) mass is 278 g/mol. The van der Waals surface area contributed by atoms with E-state index in [4.69, 9.17) is 10.5 Å². The maximum atomic E-state index is 12.7. The van der Waals surface area contributed by atoms with Crippen LogP contribution in [0.3, 0.4) is 0 Å². The van der Waals surface area contributed by atoms with Crippen molar-refractivity contribution in [3.63, 3.8) is 0 Å². The Labute approximate surface area is 119 Å². The number of aliphatic hydroxyl groups is 1. The summed E-state index contributed by atoms with van der Waals surface area (Å²) >= 11 is 0. The number of carbonyl (C=O) groups excluding carboxylic acids is 1. The fourth-order valence-corrected chi connectivity index (χ4v) is 2.84. The van der Waals surface area contributed by atoms with Crippen molar-refractivity contribution in [2.45, 2.75) is 31.7 Å². The third kappa shape index (κ3) is 2.88. The molecule has 2 rings (SSSR count). The number of rotatable bonds is 5. The molecule has 0 atom stereocenters. The maximum absolute atomic E-state index is 12.7. The van der Waals surface area contributed by atoms with E-state index in [1.165, 1.54) is 7.11 Å². The molecule has 0 spiro atoms. The number of carbonyl (C=O) groups is 1. The third-order valence-electron chi connectivity index (χ3n) is 3.88. The summed E-state index contributed by atoms with van der Waals surface area (Å²) in [4.78, 5) is 14.4. The zero-order valence-electron chi connectivity index (χ0n) is 11.8. The van der Waals surface area contributed by atoms with Gasteiger partial charge in [-0.1, -0.05) is 18.9 Å². The van der Waals surface area contributed by atoms with Crippen LogP contribution in [0.5, 0.6) is 5.75 Å². The van der Waals surface area contributed by atoms with Gasteiger partial charge in [0.15, 0.2) is 0 Å². The number of hydrogen-bond acceptors (Lipinski definition) is 4. The van der Waals surface area contributed by atoms with Crippen molar-refractivity contribution >= 4 is 11.6 Å². The van der Waals surface area contributed by atoms with Crippen LogP contribution < -0.4 is 10.5 Å². The molecule has 0 radical (unpaired) electrons. The summed E-state index contributed by atoms with van der Waals surface area (Å²) in [6.45, 7) is 0.312. The quantitative estimate of drug-likeness (QED) is 0.803. The number of benzene rings is 1. The Kier molecular flexibility index (Phi) is 4.84. The second-order valence-electron chi connectivity index (χ2n) is 5.08. The Morgan fingerprint density at radius 3 is 2.75 bits per heavy atom. The molecular weight excluding hydrogens is 256 g/mol. The van der Waals surface area contributed by atoms with Crippen LogP contribution in [0.2, 0.25) is 0 Å². The van der Waals surface area contributed by atoms with Crippen LogP contribution in [-0.4, -0.2) is 42.2 Å². The number of nitrogens with two attached hydrogens (primary N) is 1. The highest BCUT2D eigenvalue weighted by molar-refractivity contribution is 6.00. The number of nitrogen functional groups attached to an aromatic ring is 1. The first-order valence-electron chi connectivity index (χ1n) is 7.03. The minimum Gasteiger partial charge on any atom is -0.495 e. The number of ether oxygens (including phenoxy) is 1. The summed E-state index contributed by atoms with van der Waals surface area (Å²) in [5.41, 5.74) is 6.80. The van der Waals surface area contributed by atoms with Crippen molar-refractivity contribution in [1.82, 2.24) is 4.90 Å². The van der Waals surface area contributed by atoms with E-state index >= 15 is 0 Å². The smallest absolute Gasteiger partial charge is 0.256 e. The Morgan fingerprint density at radius 2 is 2.15 bits per heavy atom. The van der Waals surface area contributed by atoms with Gasteiger partial charge in [-0.25, -0.2) is 0 Å². The summed E-state index contributed by atoms with van der Waals surface area (Å²) in [5.74, 6) is 0.383. The summed E-state index contributed by atoms with van der Waals surface area (Å²) in [7, 11) is 1.53. The molecule has 1 aromatic rings. The molecule has 0 aliphatic heterocycles. The van der Waals surface area contributed by atoms with E-state index in [-0.39, 0.29) is 18.6 Å². The molecule has 0 bridgehead atoms. The molecule has 1 fully saturated rings. The molecule has 3 N–H and O–H groups in total. The zero-order chi connectivity index (χ0) is 14.5. The number of amides is 1. The minimum absolute atomic E-state index is 0.0356. The van der Waals surface area contributed by atoms with Crippen molar-refractivity contribution in [3.8, 4) is 5.75 Å². The van der Waals surface area contributed by atoms with E-state index < -0.39 is 0 Å². The fourth-order valence-electron chi connectivity index (χ4n) is 2.84. The van der Waals surface area contributed by atoms with Gasteiger partial charge in [-0.15, -0.1) is 0 Å². The Morgan fingerprint density at radius 1 is 1.45 bits per heavy atom. The molecule has 1 aliphatic carbocycles. The lowest BCUT2D eigenvalue weighted by molar-refractivity contribution is 0.0639. The van der Waals surface area contributed by atoms with Gasteiger partial charge < -0.3 is 20.5 Å². The van der Waals surface area contributed by atoms with Crippen LogP contribution >= 0.6 is 0 Å². The number of nitrogens with zero attached hydrogens (tertiary/aromatic N) is 1. The van der Waals surface area contributed by atoms with Crippen molar-refractivity contribution in [1.29, 1.82) is 0 Å². The van der Waals surface area contributed by atoms with E-state index in [0.29, 0.717) is 23.5 Å². The largest absolute Gasteiger partial charge is 0.495 e. The summed E-state index contributed by atoms with van der Waals surface area (Å²) in [6, 6.07) is 5.41. The van der Waals surface area contributed by atoms with E-state index in [1.807, 2.05) is 0 Å². The van der Waals surface area contributed by atoms with Crippen LogP contribution in [0.15, 0.2) is 18.2 Å². The van der Waals surface area contributed by atoms with Crippen molar-refractivity contribution in [2.24, 2.45) is 0 Å². The topological polar surface area (TPSA) is 75.8 Å². The van der Waals surface area contributed by atoms with Crippen LogP contribution in [-0.2, 0) is 0 Å². The number of methoxy groups -OCH3 is 1. The van der Waals surface area contributed by atoms with Crippen LogP contribution in [0, 0.1) is 0 Å². The molecular formula is C15H22N2O3. The van der Waals surface area contributed by atoms with Crippen LogP contribution in [0.4, 0.5) is 5.69 Å². The predicted octanol–water partition coefficient (Wildman–Crippen LogP) is 1.65. The molecule has 20 heavy (non-hydrogen) atoms. The van der Waals surface area contributed by atoms with Gasteiger partial charge >= 0.3 is 0 Å². The molecule has 0 heterocycles. The van der Waals surface area contributed by atoms with Gasteiger partial charge in [-0.2, -0.15) is 0 Å². The van der Waals surface area contributed by atoms with Crippen LogP contribution in [0.1, 0.15) is 36.0 Å². The minimum atomic E-state index is -0.123. The second kappa shape index (κ2) is 6.61. The van der Waals surface area contributed by atoms with Crippen molar-refractivity contribution < 1.29 is 14.6 Å². The molecule has 5 heteroatoms. The molecule has 0 unspecified atom stereocenters. The Balaban J connectivity index is 2.27. The molecule has 1 amide bonds. The van der Waals surface area contributed by atoms with Crippen molar-refractivity contribution in [3.05, 3.63) is 23.8 Å². The standard InChI is InChI=1S/C15H22N2O3/c1-20-13-8-4-7-12(14(13)16)15(19)17(9-10-18)11-5-2-3-6-11/h4,7-8,11,18H,2-3,5-6,9-10,16H2,1H3. The first kappa shape index (κ1) is 14.7. The average molecular weight is 278 g/mol. The molecule has 1 saturated carbocycles. The lowest BCUT2D eigenvalue weighted by atomic mass is 10.1. The Bertz CT molecular complexity index is 470. The number of hydrogen-bond donors (Lipinski definition) is 2. The normalized spacial score (nSPS) is 15.3. The first-order chi connectivity index (χ1) is 9.69. The third-order valence-corrected chi connectivity index (χ3v) is 3.88. The predicted molar refractivity (Wildman–Crippen MR) is 77.8 cm³/mol. The number of anilines is 1. The highest BCUT2D eigenvalue weighted by atomic mass is 16.5. The molecule has 0 saturated heterocycles. The fraction of sp³-hybridized carbons (Fsp3) is 0.533. The average Bonchev–Trinajstić information content (AvgIpc) is 2.98. The second-order valence-corrected chi connectivity index (χ2v) is 5.08. The van der Waals surface area contributed by atoms with Gasteiger partial charge in [0.25, 0.3) is 5.91 Å². The molecule has 0 aromatic heterocycles. The summed E-state index contributed by atoms with van der Waals surface area (Å²) in [5, 5.41) is 9.21. The summed E-state index contributed by atoms with van der Waals surface area (Å²) < 4.78 is 5.16. The lowest BCUT2D eigenvalue weighted by Gasteiger charge is -2.29. The Hall–Kier alpha value is -1.75. The molecule has 1 aliphatic rings. The van der Waals surface area contributed by atoms with E-state index in [2.05, 4.69) is 0 Å². The first-order valence-corrected chi connectivity index (χ1v) is 7.03. The summed E-state index contributed by atoms with van der Waals surface area (Å²) in [6.07, 6.45) is 4.26. The SMILES string of the molecule is COc1cccc(C(=O)N(CCO)C2CCCC2)c1N. The van der Waals surface area contributed by atoms with E-state index in [9.17, 15) is 9.90 Å². The highest BCUT2D eigenvalue weighted by Gasteiger charge is 2.28. The van der Waals surface area contributed by atoms with Gasteiger partial charge in [0.05, 0.1) is 25.0 Å². The van der Waals surface area contributed by atoms with Crippen LogP contribution in [0.25, 0.3) is 0 Å². The maximum Gasteiger partial charge on any atom is 0.256 e. The van der Waals surface area contributed by atoms with Gasteiger partial charge in [0, 0.05) is 12.6 Å². The van der Waals surface area contributed by atoms with Gasteiger partial charge in [0.2, 0.25) is 0 Å². The van der Waals surface area contributed by atoms with E-state index in [1.54, 1.807) is 23.1 Å². The molecule has 1 aromatic carbocycles. The number of para-hydroxylation sites is 1. The van der Waals surface area contributed by atoms with E-state index in [0.717, 1.165) is 25.7 Å². The zero-order valence-corrected chi connectivity index (χ0v) is 11.8. The molecule has 110 valence electrons. The lowest BCUT2D eigenvalue weighted by Crippen LogP contribution is -2.41. The van der Waals surface area contributed by atoms with Gasteiger partial charge in [0.1, 0.15) is 5.75 Å². The number of aliphatic hydroxyl groups excluding tert-OH is 1. The highest BCUT2D eigenvalue weighted by Crippen LogP contribution is 2.29. The van der Waals surface area contributed by atoms with Crippen molar-refractivity contribution in [2.75, 3.05) is 26.0 Å². The van der Waals surface area contributed by atoms with Gasteiger partial charge in [-0.3, -0.25) is 4.79 Å². The van der Waals surface area contributed by atoms with Gasteiger partial charge in [-0.05, 0) is 25.0 Å². The molecule has 5 nitrogen and oxygen atoms in total.